The van der Waals surface area contributed by atoms with Crippen molar-refractivity contribution in [1.82, 2.24) is 4.72 Å². The van der Waals surface area contributed by atoms with Gasteiger partial charge in [0.1, 0.15) is 23.2 Å². The van der Waals surface area contributed by atoms with Crippen LogP contribution in [0.25, 0.3) is 0 Å². The quantitative estimate of drug-likeness (QED) is 0.442. The normalized spacial score (nSPS) is 18.6. The van der Waals surface area contributed by atoms with E-state index in [4.69, 9.17) is 9.47 Å². The molecule has 1 amide bonds. The van der Waals surface area contributed by atoms with Crippen molar-refractivity contribution < 1.29 is 27.8 Å². The lowest BCUT2D eigenvalue weighted by atomic mass is 9.87. The number of aryl methyl sites for hydroxylation is 1. The van der Waals surface area contributed by atoms with E-state index >= 15 is 0 Å². The number of methoxy groups -OCH3 is 1. The average molecular weight is 511 g/mol. The Hall–Kier alpha value is -3.40. The summed E-state index contributed by atoms with van der Waals surface area (Å²) < 4.78 is 40.3. The Balaban J connectivity index is 1.66. The molecular formula is C27H30N2O6S. The molecule has 190 valence electrons. The fourth-order valence-corrected chi connectivity index (χ4v) is 5.33. The lowest BCUT2D eigenvalue weighted by Gasteiger charge is -2.42. The minimum absolute atomic E-state index is 0.0974. The molecule has 0 saturated heterocycles. The molecular weight excluding hydrogens is 480 g/mol. The van der Waals surface area contributed by atoms with Gasteiger partial charge >= 0.3 is 0 Å². The van der Waals surface area contributed by atoms with Crippen LogP contribution in [0.15, 0.2) is 71.6 Å². The minimum Gasteiger partial charge on any atom is -0.497 e. The number of carbonyl (C=O) groups excluding carboxylic acids is 1. The molecule has 2 atom stereocenters. The van der Waals surface area contributed by atoms with E-state index in [-0.39, 0.29) is 10.8 Å². The summed E-state index contributed by atoms with van der Waals surface area (Å²) in [6.45, 7) is 5.37. The summed E-state index contributed by atoms with van der Waals surface area (Å²) in [5.41, 5.74) is 1.20. The number of hydrogen-bond donors (Lipinski definition) is 3. The molecule has 3 aromatic rings. The highest BCUT2D eigenvalue weighted by molar-refractivity contribution is 7.89. The lowest BCUT2D eigenvalue weighted by molar-refractivity contribution is -0.0602. The molecule has 0 fully saturated rings. The number of ether oxygens (including phenoxy) is 2. The summed E-state index contributed by atoms with van der Waals surface area (Å²) in [6, 6.07) is 17.3. The van der Waals surface area contributed by atoms with Crippen LogP contribution in [0.1, 0.15) is 48.3 Å². The third-order valence-corrected chi connectivity index (χ3v) is 7.72. The second kappa shape index (κ2) is 9.93. The van der Waals surface area contributed by atoms with Crippen LogP contribution in [0.2, 0.25) is 0 Å². The number of sulfonamides is 1. The first kappa shape index (κ1) is 25.7. The van der Waals surface area contributed by atoms with E-state index in [2.05, 4.69) is 10.0 Å². The summed E-state index contributed by atoms with van der Waals surface area (Å²) in [5, 5.41) is 13.9. The Kier molecular flexibility index (Phi) is 7.08. The van der Waals surface area contributed by atoms with E-state index in [0.29, 0.717) is 28.3 Å². The van der Waals surface area contributed by atoms with Crippen LogP contribution in [0, 0.1) is 0 Å². The molecule has 0 bridgehead atoms. The fourth-order valence-electron chi connectivity index (χ4n) is 4.11. The van der Waals surface area contributed by atoms with E-state index in [1.807, 2.05) is 6.92 Å². The van der Waals surface area contributed by atoms with Crippen LogP contribution in [-0.4, -0.2) is 38.2 Å². The molecule has 1 aliphatic heterocycles. The first-order valence-corrected chi connectivity index (χ1v) is 13.1. The molecule has 0 aromatic heterocycles. The third kappa shape index (κ3) is 5.23. The molecule has 0 saturated carbocycles. The maximum Gasteiger partial charge on any atom is 0.255 e. The molecule has 1 aliphatic rings. The number of anilines is 1. The Morgan fingerprint density at radius 3 is 2.47 bits per heavy atom. The topological polar surface area (TPSA) is 114 Å². The highest BCUT2D eigenvalue weighted by atomic mass is 32.2. The molecule has 4 rings (SSSR count). The number of hydrogen-bond acceptors (Lipinski definition) is 6. The van der Waals surface area contributed by atoms with Crippen LogP contribution >= 0.6 is 0 Å². The van der Waals surface area contributed by atoms with Gasteiger partial charge in [-0.05, 0) is 74.4 Å². The number of fused-ring (bicyclic) bond motifs is 1. The van der Waals surface area contributed by atoms with E-state index < -0.39 is 27.8 Å². The first-order valence-electron chi connectivity index (χ1n) is 11.6. The highest BCUT2D eigenvalue weighted by Gasteiger charge is 2.44. The molecule has 0 spiro atoms. The van der Waals surface area contributed by atoms with Gasteiger partial charge in [0, 0.05) is 16.8 Å². The molecule has 1 heterocycles. The standard InChI is InChI=1S/C27H30N2O6S/c1-5-17-9-12-21(13-10-17)36(32,33)29-24-22-16-19(11-14-23(22)35-27(2,3)25(24)30)28-26(31)18-7-6-8-20(15-18)34-4/h6-16,24-25,29-30H,5H2,1-4H3,(H,28,31)/t24-,25+/m1/s1. The predicted molar refractivity (Wildman–Crippen MR) is 137 cm³/mol. The van der Waals surface area contributed by atoms with E-state index in [1.165, 1.54) is 7.11 Å². The molecule has 9 heteroatoms. The van der Waals surface area contributed by atoms with Crippen molar-refractivity contribution in [3.63, 3.8) is 0 Å². The van der Waals surface area contributed by atoms with Gasteiger partial charge in [0.2, 0.25) is 10.0 Å². The molecule has 8 nitrogen and oxygen atoms in total. The highest BCUT2D eigenvalue weighted by Crippen LogP contribution is 2.41. The van der Waals surface area contributed by atoms with Crippen molar-refractivity contribution in [2.45, 2.75) is 49.8 Å². The van der Waals surface area contributed by atoms with Crippen LogP contribution in [0.5, 0.6) is 11.5 Å². The van der Waals surface area contributed by atoms with E-state index in [0.717, 1.165) is 12.0 Å². The van der Waals surface area contributed by atoms with Gasteiger partial charge in [0.05, 0.1) is 18.0 Å². The zero-order chi connectivity index (χ0) is 26.1. The number of benzene rings is 3. The number of nitrogens with one attached hydrogen (secondary N) is 2. The Bertz CT molecular complexity index is 1370. The third-order valence-electron chi connectivity index (χ3n) is 6.26. The van der Waals surface area contributed by atoms with E-state index in [1.54, 1.807) is 80.6 Å². The van der Waals surface area contributed by atoms with Crippen LogP contribution in [0.3, 0.4) is 0 Å². The Labute approximate surface area is 211 Å². The molecule has 36 heavy (non-hydrogen) atoms. The van der Waals surface area contributed by atoms with Crippen LogP contribution < -0.4 is 19.5 Å². The van der Waals surface area contributed by atoms with Crippen LogP contribution in [-0.2, 0) is 16.4 Å². The second-order valence-corrected chi connectivity index (χ2v) is 10.9. The van der Waals surface area contributed by atoms with Crippen molar-refractivity contribution in [3.05, 3.63) is 83.4 Å². The molecule has 0 radical (unpaired) electrons. The van der Waals surface area contributed by atoms with Gasteiger partial charge in [0.15, 0.2) is 0 Å². The number of amides is 1. The summed E-state index contributed by atoms with van der Waals surface area (Å²) in [7, 11) is -2.44. The van der Waals surface area contributed by atoms with Crippen molar-refractivity contribution in [2.75, 3.05) is 12.4 Å². The average Bonchev–Trinajstić information content (AvgIpc) is 2.87. The maximum absolute atomic E-state index is 13.2. The zero-order valence-corrected chi connectivity index (χ0v) is 21.4. The summed E-state index contributed by atoms with van der Waals surface area (Å²) >= 11 is 0. The van der Waals surface area contributed by atoms with Gasteiger partial charge in [0.25, 0.3) is 5.91 Å². The van der Waals surface area contributed by atoms with Crippen molar-refractivity contribution >= 4 is 21.6 Å². The Morgan fingerprint density at radius 1 is 1.08 bits per heavy atom. The lowest BCUT2D eigenvalue weighted by Crippen LogP contribution is -2.53. The first-order chi connectivity index (χ1) is 17.0. The zero-order valence-electron chi connectivity index (χ0n) is 20.6. The monoisotopic (exact) mass is 510 g/mol. The number of aliphatic hydroxyl groups excluding tert-OH is 1. The van der Waals surface area contributed by atoms with Gasteiger partial charge in [-0.25, -0.2) is 13.1 Å². The van der Waals surface area contributed by atoms with Crippen LogP contribution in [0.4, 0.5) is 5.69 Å². The SMILES string of the molecule is CCc1ccc(S(=O)(=O)N[C@@H]2c3cc(NC(=O)c4cccc(OC)c4)ccc3OC(C)(C)[C@H]2O)cc1. The van der Waals surface area contributed by atoms with Gasteiger partial charge in [-0.15, -0.1) is 0 Å². The summed E-state index contributed by atoms with van der Waals surface area (Å²) in [4.78, 5) is 12.9. The van der Waals surface area contributed by atoms with Crippen molar-refractivity contribution in [1.29, 1.82) is 0 Å². The van der Waals surface area contributed by atoms with Gasteiger partial charge < -0.3 is 19.9 Å². The predicted octanol–water partition coefficient (Wildman–Crippen LogP) is 4.06. The Morgan fingerprint density at radius 2 is 1.81 bits per heavy atom. The number of carbonyl (C=O) groups is 1. The fraction of sp³-hybridized carbons (Fsp3) is 0.296. The van der Waals surface area contributed by atoms with E-state index in [9.17, 15) is 18.3 Å². The molecule has 3 N–H and O–H groups in total. The molecule has 0 aliphatic carbocycles. The van der Waals surface area contributed by atoms with Gasteiger partial charge in [-0.3, -0.25) is 4.79 Å². The van der Waals surface area contributed by atoms with Gasteiger partial charge in [-0.1, -0.05) is 25.1 Å². The minimum atomic E-state index is -3.96. The van der Waals surface area contributed by atoms with Gasteiger partial charge in [-0.2, -0.15) is 0 Å². The largest absolute Gasteiger partial charge is 0.497 e. The smallest absolute Gasteiger partial charge is 0.255 e. The molecule has 3 aromatic carbocycles. The maximum atomic E-state index is 13.2. The van der Waals surface area contributed by atoms with Crippen molar-refractivity contribution in [3.8, 4) is 11.5 Å². The second-order valence-electron chi connectivity index (χ2n) is 9.19. The summed E-state index contributed by atoms with van der Waals surface area (Å²) in [6.07, 6.45) is -0.405. The summed E-state index contributed by atoms with van der Waals surface area (Å²) in [5.74, 6) is 0.603. The number of aliphatic hydroxyl groups is 1. The van der Waals surface area contributed by atoms with Crippen molar-refractivity contribution in [2.24, 2.45) is 0 Å². The number of rotatable bonds is 7. The molecule has 0 unspecified atom stereocenters.